The second-order valence-corrected chi connectivity index (χ2v) is 3.37. The van der Waals surface area contributed by atoms with E-state index in [1.54, 1.807) is 7.11 Å². The standard InChI is InChI=1S/C12H13NO2/c1-3-9-8(7-14)12-10(13-9)5-4-6-11(12)15-2/h4-7,13H,3H2,1-2H3. The summed E-state index contributed by atoms with van der Waals surface area (Å²) in [4.78, 5) is 14.3. The maximum absolute atomic E-state index is 11.1. The molecule has 0 amide bonds. The Morgan fingerprint density at radius 3 is 2.87 bits per heavy atom. The monoisotopic (exact) mass is 203 g/mol. The summed E-state index contributed by atoms with van der Waals surface area (Å²) in [7, 11) is 1.61. The van der Waals surface area contributed by atoms with Crippen molar-refractivity contribution in [2.75, 3.05) is 7.11 Å². The molecule has 0 bridgehead atoms. The van der Waals surface area contributed by atoms with Crippen LogP contribution in [0, 0.1) is 0 Å². The molecule has 0 aliphatic rings. The normalized spacial score (nSPS) is 10.5. The van der Waals surface area contributed by atoms with Gasteiger partial charge in [-0.25, -0.2) is 0 Å². The number of nitrogens with one attached hydrogen (secondary N) is 1. The summed E-state index contributed by atoms with van der Waals surface area (Å²) in [5.41, 5.74) is 2.63. The first-order chi connectivity index (χ1) is 7.31. The Bertz CT molecular complexity index is 500. The molecule has 1 aromatic carbocycles. The third-order valence-electron chi connectivity index (χ3n) is 2.60. The van der Waals surface area contributed by atoms with E-state index >= 15 is 0 Å². The number of rotatable bonds is 3. The van der Waals surface area contributed by atoms with Crippen molar-refractivity contribution in [3.8, 4) is 5.75 Å². The minimum atomic E-state index is 0.713. The Morgan fingerprint density at radius 2 is 2.27 bits per heavy atom. The van der Waals surface area contributed by atoms with Gasteiger partial charge in [-0.15, -0.1) is 0 Å². The van der Waals surface area contributed by atoms with E-state index in [1.165, 1.54) is 0 Å². The number of aldehydes is 1. The summed E-state index contributed by atoms with van der Waals surface area (Å²) >= 11 is 0. The summed E-state index contributed by atoms with van der Waals surface area (Å²) in [6, 6.07) is 5.72. The maximum Gasteiger partial charge on any atom is 0.152 e. The number of carbonyl (C=O) groups is 1. The van der Waals surface area contributed by atoms with Crippen LogP contribution in [0.15, 0.2) is 18.2 Å². The zero-order valence-corrected chi connectivity index (χ0v) is 8.83. The number of aryl methyl sites for hydroxylation is 1. The first-order valence-electron chi connectivity index (χ1n) is 4.94. The summed E-state index contributed by atoms with van der Waals surface area (Å²) < 4.78 is 5.25. The van der Waals surface area contributed by atoms with Crippen molar-refractivity contribution in [2.45, 2.75) is 13.3 Å². The van der Waals surface area contributed by atoms with E-state index in [0.29, 0.717) is 5.56 Å². The summed E-state index contributed by atoms with van der Waals surface area (Å²) in [6.45, 7) is 2.02. The van der Waals surface area contributed by atoms with E-state index in [2.05, 4.69) is 4.98 Å². The highest BCUT2D eigenvalue weighted by atomic mass is 16.5. The third-order valence-corrected chi connectivity index (χ3v) is 2.60. The molecule has 1 N–H and O–H groups in total. The number of hydrogen-bond donors (Lipinski definition) is 1. The molecule has 1 heterocycles. The molecule has 78 valence electrons. The molecule has 2 rings (SSSR count). The summed E-state index contributed by atoms with van der Waals surface area (Å²) in [6.07, 6.45) is 1.70. The van der Waals surface area contributed by atoms with Gasteiger partial charge in [0.1, 0.15) is 5.75 Å². The van der Waals surface area contributed by atoms with Gasteiger partial charge in [0.05, 0.1) is 18.0 Å². The molecule has 0 atom stereocenters. The molecule has 0 radical (unpaired) electrons. The highest BCUT2D eigenvalue weighted by molar-refractivity contribution is 6.02. The smallest absolute Gasteiger partial charge is 0.152 e. The molecule has 0 aliphatic heterocycles. The third kappa shape index (κ3) is 1.40. The van der Waals surface area contributed by atoms with Crippen molar-refractivity contribution in [2.24, 2.45) is 0 Å². The van der Waals surface area contributed by atoms with E-state index in [4.69, 9.17) is 4.74 Å². The molecule has 0 unspecified atom stereocenters. The molecule has 0 spiro atoms. The molecular formula is C12H13NO2. The van der Waals surface area contributed by atoms with Crippen molar-refractivity contribution >= 4 is 17.2 Å². The van der Waals surface area contributed by atoms with Gasteiger partial charge >= 0.3 is 0 Å². The molecular weight excluding hydrogens is 190 g/mol. The first kappa shape index (κ1) is 9.77. The van der Waals surface area contributed by atoms with Gasteiger partial charge in [0, 0.05) is 11.3 Å². The van der Waals surface area contributed by atoms with Crippen molar-refractivity contribution in [1.82, 2.24) is 4.98 Å². The number of fused-ring (bicyclic) bond motifs is 1. The van der Waals surface area contributed by atoms with Crippen LogP contribution in [0.4, 0.5) is 0 Å². The number of ether oxygens (including phenoxy) is 1. The number of methoxy groups -OCH3 is 1. The Morgan fingerprint density at radius 1 is 1.47 bits per heavy atom. The van der Waals surface area contributed by atoms with Crippen LogP contribution >= 0.6 is 0 Å². The van der Waals surface area contributed by atoms with E-state index in [0.717, 1.165) is 35.1 Å². The maximum atomic E-state index is 11.1. The lowest BCUT2D eigenvalue weighted by atomic mass is 10.1. The fourth-order valence-electron chi connectivity index (χ4n) is 1.87. The van der Waals surface area contributed by atoms with Crippen LogP contribution in [-0.4, -0.2) is 18.4 Å². The van der Waals surface area contributed by atoms with Crippen LogP contribution < -0.4 is 4.74 Å². The van der Waals surface area contributed by atoms with Gasteiger partial charge in [-0.05, 0) is 18.6 Å². The van der Waals surface area contributed by atoms with Crippen LogP contribution in [0.2, 0.25) is 0 Å². The lowest BCUT2D eigenvalue weighted by Gasteiger charge is -2.01. The van der Waals surface area contributed by atoms with Gasteiger partial charge in [0.2, 0.25) is 0 Å². The molecule has 0 saturated carbocycles. The van der Waals surface area contributed by atoms with Crippen LogP contribution in [-0.2, 0) is 6.42 Å². The average molecular weight is 203 g/mol. The lowest BCUT2D eigenvalue weighted by Crippen LogP contribution is -1.88. The number of hydrogen-bond acceptors (Lipinski definition) is 2. The number of H-pyrrole nitrogens is 1. The highest BCUT2D eigenvalue weighted by Crippen LogP contribution is 2.30. The van der Waals surface area contributed by atoms with Crippen molar-refractivity contribution in [1.29, 1.82) is 0 Å². The number of aromatic nitrogens is 1. The predicted molar refractivity (Wildman–Crippen MR) is 59.6 cm³/mol. The van der Waals surface area contributed by atoms with Crippen LogP contribution in [0.1, 0.15) is 23.0 Å². The fourth-order valence-corrected chi connectivity index (χ4v) is 1.87. The molecule has 2 aromatic rings. The van der Waals surface area contributed by atoms with Gasteiger partial charge in [0.25, 0.3) is 0 Å². The minimum absolute atomic E-state index is 0.713. The first-order valence-corrected chi connectivity index (χ1v) is 4.94. The Balaban J connectivity index is 2.83. The van der Waals surface area contributed by atoms with Crippen LogP contribution in [0.25, 0.3) is 10.9 Å². The Labute approximate surface area is 88.1 Å². The molecule has 0 fully saturated rings. The molecule has 0 aliphatic carbocycles. The van der Waals surface area contributed by atoms with E-state index in [9.17, 15) is 4.79 Å². The topological polar surface area (TPSA) is 42.1 Å². The van der Waals surface area contributed by atoms with Crippen molar-refractivity contribution in [3.63, 3.8) is 0 Å². The van der Waals surface area contributed by atoms with Gasteiger partial charge in [-0.1, -0.05) is 13.0 Å². The van der Waals surface area contributed by atoms with Crippen molar-refractivity contribution in [3.05, 3.63) is 29.5 Å². The van der Waals surface area contributed by atoms with Crippen molar-refractivity contribution < 1.29 is 9.53 Å². The second-order valence-electron chi connectivity index (χ2n) is 3.37. The van der Waals surface area contributed by atoms with Crippen LogP contribution in [0.3, 0.4) is 0 Å². The number of aromatic amines is 1. The average Bonchev–Trinajstić information content (AvgIpc) is 2.66. The zero-order valence-electron chi connectivity index (χ0n) is 8.83. The highest BCUT2D eigenvalue weighted by Gasteiger charge is 2.12. The molecule has 0 saturated heterocycles. The largest absolute Gasteiger partial charge is 0.496 e. The SMILES string of the molecule is CCc1[nH]c2cccc(OC)c2c1C=O. The summed E-state index contributed by atoms with van der Waals surface area (Å²) in [5.74, 6) is 0.741. The van der Waals surface area contributed by atoms with Crippen LogP contribution in [0.5, 0.6) is 5.75 Å². The quantitative estimate of drug-likeness (QED) is 0.779. The van der Waals surface area contributed by atoms with Gasteiger partial charge in [0.15, 0.2) is 6.29 Å². The zero-order chi connectivity index (χ0) is 10.8. The fraction of sp³-hybridized carbons (Fsp3) is 0.250. The summed E-state index contributed by atoms with van der Waals surface area (Å²) in [5, 5.41) is 0.881. The van der Waals surface area contributed by atoms with E-state index in [1.807, 2.05) is 25.1 Å². The molecule has 3 heteroatoms. The lowest BCUT2D eigenvalue weighted by molar-refractivity contribution is 0.112. The molecule has 3 nitrogen and oxygen atoms in total. The number of benzene rings is 1. The molecule has 1 aromatic heterocycles. The van der Waals surface area contributed by atoms with E-state index in [-0.39, 0.29) is 0 Å². The van der Waals surface area contributed by atoms with Gasteiger partial charge in [-0.2, -0.15) is 0 Å². The van der Waals surface area contributed by atoms with E-state index < -0.39 is 0 Å². The number of carbonyl (C=O) groups excluding carboxylic acids is 1. The van der Waals surface area contributed by atoms with Gasteiger partial charge < -0.3 is 9.72 Å². The second kappa shape index (κ2) is 3.77. The minimum Gasteiger partial charge on any atom is -0.496 e. The predicted octanol–water partition coefficient (Wildman–Crippen LogP) is 2.55. The Kier molecular flexibility index (Phi) is 2.46. The van der Waals surface area contributed by atoms with Gasteiger partial charge in [-0.3, -0.25) is 4.79 Å². The Hall–Kier alpha value is -1.77. The molecule has 15 heavy (non-hydrogen) atoms.